The van der Waals surface area contributed by atoms with Gasteiger partial charge >= 0.3 is 0 Å². The summed E-state index contributed by atoms with van der Waals surface area (Å²) < 4.78 is 5.25. The average molecular weight is 324 g/mol. The van der Waals surface area contributed by atoms with Gasteiger partial charge in [-0.2, -0.15) is 0 Å². The van der Waals surface area contributed by atoms with Gasteiger partial charge in [-0.05, 0) is 32.4 Å². The van der Waals surface area contributed by atoms with Crippen LogP contribution < -0.4 is 0 Å². The predicted molar refractivity (Wildman–Crippen MR) is 87.7 cm³/mol. The largest absolute Gasteiger partial charge is 0.459 e. The average Bonchev–Trinajstić information content (AvgIpc) is 3.17. The van der Waals surface area contributed by atoms with Gasteiger partial charge in [-0.25, -0.2) is 0 Å². The van der Waals surface area contributed by atoms with Gasteiger partial charge in [0.1, 0.15) is 6.04 Å². The smallest absolute Gasteiger partial charge is 0.291 e. The number of carbonyl (C=O) groups excluding carboxylic acids is 2. The number of rotatable bonds is 6. The number of carbonyl (C=O) groups is 2. The molecule has 0 bridgehead atoms. The van der Waals surface area contributed by atoms with E-state index in [1.54, 1.807) is 33.7 Å². The first-order valence-electron chi connectivity index (χ1n) is 7.90. The van der Waals surface area contributed by atoms with Crippen LogP contribution in [0.25, 0.3) is 0 Å². The third kappa shape index (κ3) is 3.32. The number of nitrogens with zero attached hydrogens (tertiary/aromatic N) is 2. The van der Waals surface area contributed by atoms with E-state index >= 15 is 0 Å². The monoisotopic (exact) mass is 324 g/mol. The van der Waals surface area contributed by atoms with Gasteiger partial charge in [0.2, 0.25) is 5.91 Å². The van der Waals surface area contributed by atoms with Crippen molar-refractivity contribution in [3.63, 3.8) is 0 Å². The second kappa shape index (κ2) is 7.72. The van der Waals surface area contributed by atoms with Crippen molar-refractivity contribution in [3.05, 3.63) is 24.2 Å². The first-order valence-corrected chi connectivity index (χ1v) is 8.95. The lowest BCUT2D eigenvalue weighted by molar-refractivity contribution is -0.134. The molecule has 0 aliphatic carbocycles. The third-order valence-electron chi connectivity index (χ3n) is 3.95. The summed E-state index contributed by atoms with van der Waals surface area (Å²) >= 11 is 1.69. The van der Waals surface area contributed by atoms with E-state index in [9.17, 15) is 9.59 Å². The molecule has 2 heterocycles. The molecule has 6 heteroatoms. The Labute approximate surface area is 136 Å². The SMILES string of the molecule is CCCC1SCC(C(=O)N(CC)CC)N1C(=O)c1ccco1. The molecule has 0 aromatic carbocycles. The van der Waals surface area contributed by atoms with Crippen molar-refractivity contribution in [3.8, 4) is 0 Å². The third-order valence-corrected chi connectivity index (χ3v) is 5.31. The fraction of sp³-hybridized carbons (Fsp3) is 0.625. The second-order valence-electron chi connectivity index (χ2n) is 5.29. The highest BCUT2D eigenvalue weighted by Crippen LogP contribution is 2.34. The van der Waals surface area contributed by atoms with Crippen LogP contribution >= 0.6 is 11.8 Å². The Bertz CT molecular complexity index is 499. The summed E-state index contributed by atoms with van der Waals surface area (Å²) in [4.78, 5) is 29.0. The number of furan rings is 1. The molecule has 2 unspecified atom stereocenters. The molecule has 1 aromatic heterocycles. The molecule has 0 spiro atoms. The van der Waals surface area contributed by atoms with Crippen LogP contribution in [-0.4, -0.2) is 51.9 Å². The van der Waals surface area contributed by atoms with Gasteiger partial charge < -0.3 is 14.2 Å². The summed E-state index contributed by atoms with van der Waals surface area (Å²) in [6, 6.07) is 2.97. The lowest BCUT2D eigenvalue weighted by Crippen LogP contribution is -2.51. The molecule has 1 saturated heterocycles. The minimum absolute atomic E-state index is 0.0380. The van der Waals surface area contributed by atoms with Crippen LogP contribution in [0.15, 0.2) is 22.8 Å². The first kappa shape index (κ1) is 16.9. The van der Waals surface area contributed by atoms with E-state index < -0.39 is 0 Å². The van der Waals surface area contributed by atoms with Gasteiger partial charge in [0.05, 0.1) is 11.6 Å². The van der Waals surface area contributed by atoms with Crippen LogP contribution in [-0.2, 0) is 4.79 Å². The lowest BCUT2D eigenvalue weighted by atomic mass is 10.2. The summed E-state index contributed by atoms with van der Waals surface area (Å²) in [6.45, 7) is 7.35. The van der Waals surface area contributed by atoms with Crippen molar-refractivity contribution in [1.29, 1.82) is 0 Å². The predicted octanol–water partition coefficient (Wildman–Crippen LogP) is 2.83. The van der Waals surface area contributed by atoms with Crippen molar-refractivity contribution in [1.82, 2.24) is 9.80 Å². The number of hydrogen-bond acceptors (Lipinski definition) is 4. The fourth-order valence-corrected chi connectivity index (χ4v) is 4.28. The summed E-state index contributed by atoms with van der Waals surface area (Å²) in [5.41, 5.74) is 0. The maximum atomic E-state index is 12.8. The van der Waals surface area contributed by atoms with E-state index in [1.165, 1.54) is 6.26 Å². The molecular formula is C16H24N2O3S. The Morgan fingerprint density at radius 2 is 2.09 bits per heavy atom. The van der Waals surface area contributed by atoms with Crippen molar-refractivity contribution >= 4 is 23.6 Å². The molecule has 1 aliphatic rings. The van der Waals surface area contributed by atoms with Crippen LogP contribution in [0.1, 0.15) is 44.2 Å². The molecule has 1 fully saturated rings. The summed E-state index contributed by atoms with van der Waals surface area (Å²) in [5.74, 6) is 0.822. The Morgan fingerprint density at radius 3 is 2.64 bits per heavy atom. The van der Waals surface area contributed by atoms with Crippen LogP contribution in [0, 0.1) is 0 Å². The molecule has 2 atom stereocenters. The molecule has 0 N–H and O–H groups in total. The molecule has 1 aromatic rings. The molecule has 5 nitrogen and oxygen atoms in total. The first-order chi connectivity index (χ1) is 10.6. The molecule has 2 amide bonds. The van der Waals surface area contributed by atoms with Gasteiger partial charge in [0.15, 0.2) is 5.76 Å². The Hall–Kier alpha value is -1.43. The molecule has 1 aliphatic heterocycles. The van der Waals surface area contributed by atoms with Crippen LogP contribution in [0.2, 0.25) is 0 Å². The standard InChI is InChI=1S/C16H24N2O3S/c1-4-8-14-18(16(20)13-9-7-10-21-13)12(11-22-14)15(19)17(5-2)6-3/h7,9-10,12,14H,4-6,8,11H2,1-3H3. The number of hydrogen-bond donors (Lipinski definition) is 0. The maximum absolute atomic E-state index is 12.8. The van der Waals surface area contributed by atoms with E-state index in [0.29, 0.717) is 24.6 Å². The highest BCUT2D eigenvalue weighted by molar-refractivity contribution is 8.00. The lowest BCUT2D eigenvalue weighted by Gasteiger charge is -2.31. The van der Waals surface area contributed by atoms with Gasteiger partial charge in [0, 0.05) is 18.8 Å². The van der Waals surface area contributed by atoms with E-state index in [-0.39, 0.29) is 23.2 Å². The van der Waals surface area contributed by atoms with Gasteiger partial charge in [-0.1, -0.05) is 13.3 Å². The van der Waals surface area contributed by atoms with Crippen LogP contribution in [0.4, 0.5) is 0 Å². The quantitative estimate of drug-likeness (QED) is 0.807. The van der Waals surface area contributed by atoms with E-state index in [1.807, 2.05) is 13.8 Å². The highest BCUT2D eigenvalue weighted by atomic mass is 32.2. The minimum Gasteiger partial charge on any atom is -0.459 e. The van der Waals surface area contributed by atoms with Gasteiger partial charge in [-0.15, -0.1) is 11.8 Å². The van der Waals surface area contributed by atoms with E-state index in [4.69, 9.17) is 4.42 Å². The van der Waals surface area contributed by atoms with Crippen LogP contribution in [0.5, 0.6) is 0 Å². The van der Waals surface area contributed by atoms with Crippen molar-refractivity contribution in [2.45, 2.75) is 45.0 Å². The zero-order valence-corrected chi connectivity index (χ0v) is 14.3. The Morgan fingerprint density at radius 1 is 1.36 bits per heavy atom. The molecular weight excluding hydrogens is 300 g/mol. The number of amides is 2. The van der Waals surface area contributed by atoms with E-state index in [2.05, 4.69) is 6.92 Å². The maximum Gasteiger partial charge on any atom is 0.291 e. The molecule has 0 saturated carbocycles. The molecule has 122 valence electrons. The minimum atomic E-state index is -0.390. The number of thioether (sulfide) groups is 1. The zero-order chi connectivity index (χ0) is 16.1. The molecule has 2 rings (SSSR count). The molecule has 0 radical (unpaired) electrons. The number of likely N-dealkylation sites (N-methyl/N-ethyl adjacent to an activating group) is 1. The summed E-state index contributed by atoms with van der Waals surface area (Å²) in [6.07, 6.45) is 3.36. The van der Waals surface area contributed by atoms with Crippen LogP contribution in [0.3, 0.4) is 0 Å². The normalized spacial score (nSPS) is 21.1. The Kier molecular flexibility index (Phi) is 5.94. The highest BCUT2D eigenvalue weighted by Gasteiger charge is 2.43. The second-order valence-corrected chi connectivity index (χ2v) is 6.50. The van der Waals surface area contributed by atoms with E-state index in [0.717, 1.165) is 12.8 Å². The summed E-state index contributed by atoms with van der Waals surface area (Å²) in [5, 5.41) is 0.0483. The zero-order valence-electron chi connectivity index (χ0n) is 13.4. The van der Waals surface area contributed by atoms with Gasteiger partial charge in [-0.3, -0.25) is 9.59 Å². The molecule has 22 heavy (non-hydrogen) atoms. The summed E-state index contributed by atoms with van der Waals surface area (Å²) in [7, 11) is 0. The Balaban J connectivity index is 2.24. The van der Waals surface area contributed by atoms with Crippen molar-refractivity contribution < 1.29 is 14.0 Å². The topological polar surface area (TPSA) is 53.8 Å². The fourth-order valence-electron chi connectivity index (χ4n) is 2.77. The van der Waals surface area contributed by atoms with Gasteiger partial charge in [0.25, 0.3) is 5.91 Å². The van der Waals surface area contributed by atoms with Crippen molar-refractivity contribution in [2.24, 2.45) is 0 Å². The van der Waals surface area contributed by atoms with Crippen molar-refractivity contribution in [2.75, 3.05) is 18.8 Å².